The van der Waals surface area contributed by atoms with Gasteiger partial charge in [-0.1, -0.05) is 0 Å². The Bertz CT molecular complexity index is 930. The maximum Gasteiger partial charge on any atom is 0.172 e. The van der Waals surface area contributed by atoms with E-state index in [1.165, 1.54) is 9.40 Å². The molecule has 4 rings (SSSR count). The lowest BCUT2D eigenvalue weighted by Gasteiger charge is -2.06. The predicted octanol–water partition coefficient (Wildman–Crippen LogP) is 4.16. The summed E-state index contributed by atoms with van der Waals surface area (Å²) in [6.45, 7) is 0. The number of thiophene rings is 2. The Balaban J connectivity index is 1.91. The summed E-state index contributed by atoms with van der Waals surface area (Å²) >= 11 is 3.41. The Labute approximate surface area is 128 Å². The van der Waals surface area contributed by atoms with Crippen molar-refractivity contribution in [2.45, 2.75) is 0 Å². The zero-order valence-corrected chi connectivity index (χ0v) is 12.8. The van der Waals surface area contributed by atoms with Gasteiger partial charge in [-0.15, -0.1) is 22.7 Å². The second-order valence-corrected chi connectivity index (χ2v) is 6.61. The number of benzene rings is 1. The molecule has 0 aliphatic rings. The Morgan fingerprint density at radius 2 is 2.00 bits per heavy atom. The van der Waals surface area contributed by atoms with Crippen LogP contribution in [-0.4, -0.2) is 17.1 Å². The monoisotopic (exact) mass is 313 g/mol. The quantitative estimate of drug-likeness (QED) is 0.603. The van der Waals surface area contributed by atoms with Crippen LogP contribution in [0.2, 0.25) is 0 Å². The summed E-state index contributed by atoms with van der Waals surface area (Å²) in [5.74, 6) is 1.91. The first kappa shape index (κ1) is 12.6. The van der Waals surface area contributed by atoms with Crippen molar-refractivity contribution in [2.75, 3.05) is 12.8 Å². The van der Waals surface area contributed by atoms with Gasteiger partial charge in [0.1, 0.15) is 11.6 Å². The lowest BCUT2D eigenvalue weighted by molar-refractivity contribution is 0.415. The minimum absolute atomic E-state index is 0.477. The van der Waals surface area contributed by atoms with Gasteiger partial charge in [0, 0.05) is 14.8 Å². The maximum absolute atomic E-state index is 6.09. The fourth-order valence-electron chi connectivity index (χ4n) is 2.24. The molecule has 0 saturated heterocycles. The molecule has 0 spiro atoms. The van der Waals surface area contributed by atoms with Crippen molar-refractivity contribution in [3.8, 4) is 16.5 Å². The molecule has 3 heterocycles. The highest BCUT2D eigenvalue weighted by Gasteiger charge is 2.11. The topological polar surface area (TPSA) is 61.0 Å². The van der Waals surface area contributed by atoms with E-state index < -0.39 is 0 Å². The van der Waals surface area contributed by atoms with Gasteiger partial charge in [0.15, 0.2) is 5.82 Å². The van der Waals surface area contributed by atoms with Crippen LogP contribution in [0.4, 0.5) is 5.82 Å². The minimum Gasteiger partial charge on any atom is -0.497 e. The molecular formula is C15H11N3OS2. The molecule has 104 valence electrons. The van der Waals surface area contributed by atoms with E-state index >= 15 is 0 Å². The van der Waals surface area contributed by atoms with Gasteiger partial charge in [0.2, 0.25) is 0 Å². The van der Waals surface area contributed by atoms with Crippen LogP contribution in [0, 0.1) is 0 Å². The van der Waals surface area contributed by atoms with Gasteiger partial charge < -0.3 is 10.5 Å². The molecule has 0 atom stereocenters. The number of ether oxygens (including phenoxy) is 1. The van der Waals surface area contributed by atoms with Crippen LogP contribution in [0.15, 0.2) is 35.7 Å². The van der Waals surface area contributed by atoms with Crippen molar-refractivity contribution in [2.24, 2.45) is 0 Å². The molecule has 1 aromatic carbocycles. The van der Waals surface area contributed by atoms with Gasteiger partial charge in [0.05, 0.1) is 17.5 Å². The van der Waals surface area contributed by atoms with Gasteiger partial charge in [0.25, 0.3) is 0 Å². The van der Waals surface area contributed by atoms with E-state index in [0.29, 0.717) is 11.6 Å². The largest absolute Gasteiger partial charge is 0.497 e. The second-order valence-electron chi connectivity index (χ2n) is 4.58. The fourth-order valence-corrected chi connectivity index (χ4v) is 4.29. The van der Waals surface area contributed by atoms with Gasteiger partial charge >= 0.3 is 0 Å². The Morgan fingerprint density at radius 1 is 1.10 bits per heavy atom. The van der Waals surface area contributed by atoms with E-state index in [1.54, 1.807) is 29.8 Å². The van der Waals surface area contributed by atoms with Crippen molar-refractivity contribution in [3.63, 3.8) is 0 Å². The third kappa shape index (κ3) is 2.03. The summed E-state index contributed by atoms with van der Waals surface area (Å²) in [6.07, 6.45) is 0. The van der Waals surface area contributed by atoms with Gasteiger partial charge in [-0.3, -0.25) is 0 Å². The van der Waals surface area contributed by atoms with Gasteiger partial charge in [-0.2, -0.15) is 0 Å². The number of hydrogen-bond donors (Lipinski definition) is 1. The summed E-state index contributed by atoms with van der Waals surface area (Å²) in [7, 11) is 1.63. The van der Waals surface area contributed by atoms with E-state index in [2.05, 4.69) is 27.5 Å². The third-order valence-electron chi connectivity index (χ3n) is 3.29. The Kier molecular flexibility index (Phi) is 2.80. The van der Waals surface area contributed by atoms with E-state index in [1.807, 2.05) is 18.2 Å². The standard InChI is InChI=1S/C15H11N3OS2/c1-19-8-2-3-10-9(6-8)14(16)18-15(17-10)13-7-12-11(21-13)4-5-20-12/h2-7H,1H3,(H2,16,17,18). The van der Waals surface area contributed by atoms with Crippen molar-refractivity contribution < 1.29 is 4.74 Å². The molecule has 0 unspecified atom stereocenters. The second kappa shape index (κ2) is 4.68. The Hall–Kier alpha value is -2.18. The number of nitrogen functional groups attached to an aromatic ring is 1. The first-order valence-electron chi connectivity index (χ1n) is 6.33. The highest BCUT2D eigenvalue weighted by molar-refractivity contribution is 7.28. The van der Waals surface area contributed by atoms with Crippen molar-refractivity contribution in [1.82, 2.24) is 9.97 Å². The Morgan fingerprint density at radius 3 is 2.81 bits per heavy atom. The molecule has 3 aromatic heterocycles. The molecule has 21 heavy (non-hydrogen) atoms. The van der Waals surface area contributed by atoms with Crippen LogP contribution in [0.1, 0.15) is 0 Å². The first-order valence-corrected chi connectivity index (χ1v) is 8.03. The summed E-state index contributed by atoms with van der Waals surface area (Å²) in [4.78, 5) is 10.1. The fraction of sp³-hybridized carbons (Fsp3) is 0.0667. The lowest BCUT2D eigenvalue weighted by atomic mass is 10.2. The number of nitrogens with two attached hydrogens (primary N) is 1. The number of aromatic nitrogens is 2. The van der Waals surface area contributed by atoms with E-state index in [0.717, 1.165) is 21.5 Å². The number of nitrogens with zero attached hydrogens (tertiary/aromatic N) is 2. The molecule has 0 radical (unpaired) electrons. The molecule has 0 aliphatic carbocycles. The van der Waals surface area contributed by atoms with Crippen LogP contribution in [0.25, 0.3) is 31.0 Å². The highest BCUT2D eigenvalue weighted by Crippen LogP contribution is 2.36. The zero-order valence-electron chi connectivity index (χ0n) is 11.2. The van der Waals surface area contributed by atoms with Crippen molar-refractivity contribution in [1.29, 1.82) is 0 Å². The molecular weight excluding hydrogens is 302 g/mol. The average Bonchev–Trinajstić information content (AvgIpc) is 3.08. The zero-order chi connectivity index (χ0) is 14.4. The van der Waals surface area contributed by atoms with Crippen molar-refractivity contribution in [3.05, 3.63) is 35.7 Å². The van der Waals surface area contributed by atoms with Crippen LogP contribution in [-0.2, 0) is 0 Å². The average molecular weight is 313 g/mol. The smallest absolute Gasteiger partial charge is 0.172 e. The summed E-state index contributed by atoms with van der Waals surface area (Å²) in [6, 6.07) is 9.89. The van der Waals surface area contributed by atoms with Gasteiger partial charge in [-0.05, 0) is 35.7 Å². The molecule has 0 bridgehead atoms. The van der Waals surface area contributed by atoms with Crippen LogP contribution >= 0.6 is 22.7 Å². The number of hydrogen-bond acceptors (Lipinski definition) is 6. The maximum atomic E-state index is 6.09. The van der Waals surface area contributed by atoms with E-state index in [9.17, 15) is 0 Å². The summed E-state index contributed by atoms with van der Waals surface area (Å²) in [5.41, 5.74) is 6.92. The molecule has 6 heteroatoms. The molecule has 0 aliphatic heterocycles. The molecule has 4 nitrogen and oxygen atoms in total. The predicted molar refractivity (Wildman–Crippen MR) is 89.2 cm³/mol. The van der Waals surface area contributed by atoms with Crippen molar-refractivity contribution >= 4 is 48.8 Å². The van der Waals surface area contributed by atoms with E-state index in [4.69, 9.17) is 10.5 Å². The summed E-state index contributed by atoms with van der Waals surface area (Å²) < 4.78 is 7.73. The number of methoxy groups -OCH3 is 1. The van der Waals surface area contributed by atoms with Crippen LogP contribution in [0.3, 0.4) is 0 Å². The third-order valence-corrected chi connectivity index (χ3v) is 5.38. The molecule has 2 N–H and O–H groups in total. The molecule has 0 amide bonds. The molecule has 0 fully saturated rings. The number of rotatable bonds is 2. The molecule has 4 aromatic rings. The SMILES string of the molecule is COc1ccc2nc(-c3cc4sccc4s3)nc(N)c2c1. The van der Waals surface area contributed by atoms with Crippen LogP contribution in [0.5, 0.6) is 5.75 Å². The van der Waals surface area contributed by atoms with Crippen LogP contribution < -0.4 is 10.5 Å². The normalized spacial score (nSPS) is 11.3. The number of anilines is 1. The van der Waals surface area contributed by atoms with E-state index in [-0.39, 0.29) is 0 Å². The first-order chi connectivity index (χ1) is 10.2. The summed E-state index contributed by atoms with van der Waals surface area (Å²) in [5, 5.41) is 2.91. The van der Waals surface area contributed by atoms with Gasteiger partial charge in [-0.25, -0.2) is 9.97 Å². The lowest BCUT2D eigenvalue weighted by Crippen LogP contribution is -1.97. The highest BCUT2D eigenvalue weighted by atomic mass is 32.1. The number of fused-ring (bicyclic) bond motifs is 2. The minimum atomic E-state index is 0.477. The molecule has 0 saturated carbocycles.